The molecule has 3 rings (SSSR count). The van der Waals surface area contributed by atoms with Gasteiger partial charge in [-0.25, -0.2) is 0 Å². The van der Waals surface area contributed by atoms with Crippen LogP contribution in [0, 0.1) is 11.3 Å². The standard InChI is InChI=1S/C27H24F3NO2.Li.H2O/c1-26(2,3)23-11-6-19(7-12-23)18-32-25-15-10-21(17-22(25)5-4-16-31)20-8-13-24(14-9-20)33-27(28,29)30;;/h4-15,17H,18H2,1-3H3;;1H2/q;+1;/p-1. The quantitative estimate of drug-likeness (QED) is 0.389. The molecule has 0 aliphatic heterocycles. The van der Waals surface area contributed by atoms with Crippen molar-refractivity contribution < 1.29 is 47.0 Å². The first kappa shape index (κ1) is 29.9. The molecule has 35 heavy (non-hydrogen) atoms. The van der Waals surface area contributed by atoms with Crippen molar-refractivity contribution >= 4 is 6.08 Å². The van der Waals surface area contributed by atoms with Crippen LogP contribution in [0.4, 0.5) is 13.2 Å². The van der Waals surface area contributed by atoms with Crippen molar-refractivity contribution in [2.24, 2.45) is 0 Å². The Morgan fingerprint density at radius 1 is 0.886 bits per heavy atom. The van der Waals surface area contributed by atoms with Crippen LogP contribution in [0.3, 0.4) is 0 Å². The summed E-state index contributed by atoms with van der Waals surface area (Å²) >= 11 is 0. The second kappa shape index (κ2) is 12.5. The number of ether oxygens (including phenoxy) is 2. The summed E-state index contributed by atoms with van der Waals surface area (Å²) in [6.45, 7) is 6.83. The van der Waals surface area contributed by atoms with E-state index in [9.17, 15) is 13.2 Å². The molecule has 3 aromatic carbocycles. The summed E-state index contributed by atoms with van der Waals surface area (Å²) in [4.78, 5) is 0. The topological polar surface area (TPSA) is 72.2 Å². The minimum absolute atomic E-state index is 0. The van der Waals surface area contributed by atoms with E-state index in [-0.39, 0.29) is 35.5 Å². The molecule has 0 heterocycles. The molecule has 3 aromatic rings. The smallest absolute Gasteiger partial charge is 0.870 e. The summed E-state index contributed by atoms with van der Waals surface area (Å²) in [6, 6.07) is 21.3. The maximum absolute atomic E-state index is 12.4. The van der Waals surface area contributed by atoms with Crippen LogP contribution in [0.1, 0.15) is 37.5 Å². The molecule has 0 saturated heterocycles. The fraction of sp³-hybridized carbons (Fsp3) is 0.222. The van der Waals surface area contributed by atoms with Crippen molar-refractivity contribution in [3.05, 3.63) is 89.5 Å². The van der Waals surface area contributed by atoms with Gasteiger partial charge >= 0.3 is 25.2 Å². The Morgan fingerprint density at radius 2 is 1.49 bits per heavy atom. The molecule has 0 atom stereocenters. The molecule has 0 unspecified atom stereocenters. The molecule has 0 aromatic heterocycles. The van der Waals surface area contributed by atoms with Crippen LogP contribution >= 0.6 is 0 Å². The van der Waals surface area contributed by atoms with Gasteiger partial charge in [0.25, 0.3) is 0 Å². The first-order valence-corrected chi connectivity index (χ1v) is 10.3. The number of halogens is 3. The molecular weight excluding hydrogens is 450 g/mol. The molecule has 0 aliphatic rings. The van der Waals surface area contributed by atoms with E-state index in [1.54, 1.807) is 24.3 Å². The average Bonchev–Trinajstić information content (AvgIpc) is 2.75. The average molecular weight is 475 g/mol. The molecule has 178 valence electrons. The van der Waals surface area contributed by atoms with Gasteiger partial charge in [-0.1, -0.05) is 63.2 Å². The Kier molecular flexibility index (Phi) is 10.7. The van der Waals surface area contributed by atoms with E-state index >= 15 is 0 Å². The van der Waals surface area contributed by atoms with Crippen LogP contribution in [-0.4, -0.2) is 11.8 Å². The van der Waals surface area contributed by atoms with Crippen molar-refractivity contribution in [3.8, 4) is 28.7 Å². The third-order valence-electron chi connectivity index (χ3n) is 4.98. The SMILES string of the molecule is CC(C)(C)c1ccc(COc2ccc(-c3ccc(OC(F)(F)F)cc3)cc2C=CC#N)cc1.[Li+].[OH-]. The Bertz CT molecular complexity index is 1160. The first-order valence-electron chi connectivity index (χ1n) is 10.3. The minimum Gasteiger partial charge on any atom is -0.870 e. The van der Waals surface area contributed by atoms with Crippen LogP contribution in [0.25, 0.3) is 17.2 Å². The van der Waals surface area contributed by atoms with Crippen LogP contribution in [0.15, 0.2) is 72.8 Å². The summed E-state index contributed by atoms with van der Waals surface area (Å²) in [5, 5.41) is 8.94. The number of alkyl halides is 3. The van der Waals surface area contributed by atoms with E-state index in [0.29, 0.717) is 23.5 Å². The van der Waals surface area contributed by atoms with E-state index in [0.717, 1.165) is 11.1 Å². The van der Waals surface area contributed by atoms with Gasteiger partial charge in [0.05, 0.1) is 6.07 Å². The van der Waals surface area contributed by atoms with Crippen LogP contribution in [0.2, 0.25) is 0 Å². The second-order valence-electron chi connectivity index (χ2n) is 8.52. The molecule has 1 N–H and O–H groups in total. The number of allylic oxidation sites excluding steroid dienone is 1. The van der Waals surface area contributed by atoms with Gasteiger partial charge in [0.15, 0.2) is 0 Å². The monoisotopic (exact) mass is 475 g/mol. The van der Waals surface area contributed by atoms with Gasteiger partial charge in [-0.3, -0.25) is 0 Å². The maximum atomic E-state index is 12.4. The van der Waals surface area contributed by atoms with Crippen molar-refractivity contribution in [1.82, 2.24) is 0 Å². The first-order chi connectivity index (χ1) is 15.5. The Balaban J connectivity index is 0.00000306. The predicted molar refractivity (Wildman–Crippen MR) is 125 cm³/mol. The van der Waals surface area contributed by atoms with Crippen molar-refractivity contribution in [2.75, 3.05) is 0 Å². The van der Waals surface area contributed by atoms with E-state index < -0.39 is 6.36 Å². The Hall–Kier alpha value is -3.16. The number of hydrogen-bond donors (Lipinski definition) is 0. The van der Waals surface area contributed by atoms with Gasteiger partial charge in [0.2, 0.25) is 0 Å². The van der Waals surface area contributed by atoms with Crippen LogP contribution in [-0.2, 0) is 12.0 Å². The maximum Gasteiger partial charge on any atom is 1.00 e. The van der Waals surface area contributed by atoms with Crippen LogP contribution in [0.5, 0.6) is 11.5 Å². The molecule has 0 amide bonds. The zero-order valence-electron chi connectivity index (χ0n) is 20.1. The number of benzene rings is 3. The largest absolute Gasteiger partial charge is 1.00 e. The van der Waals surface area contributed by atoms with Gasteiger partial charge in [-0.15, -0.1) is 13.2 Å². The molecule has 0 fully saturated rings. The molecule has 0 aliphatic carbocycles. The van der Waals surface area contributed by atoms with Gasteiger partial charge in [-0.05, 0) is 58.0 Å². The summed E-state index contributed by atoms with van der Waals surface area (Å²) in [5.41, 5.74) is 4.49. The molecular formula is C27H25F3LiNO3. The number of hydrogen-bond acceptors (Lipinski definition) is 4. The summed E-state index contributed by atoms with van der Waals surface area (Å²) in [6.07, 6.45) is -1.74. The van der Waals surface area contributed by atoms with Crippen molar-refractivity contribution in [1.29, 1.82) is 5.26 Å². The Morgan fingerprint density at radius 3 is 2.03 bits per heavy atom. The summed E-state index contributed by atoms with van der Waals surface area (Å²) < 4.78 is 47.1. The normalized spacial score (nSPS) is 11.2. The molecule has 4 nitrogen and oxygen atoms in total. The van der Waals surface area contributed by atoms with Gasteiger partial charge < -0.3 is 14.9 Å². The predicted octanol–water partition coefficient (Wildman–Crippen LogP) is 4.49. The fourth-order valence-corrected chi connectivity index (χ4v) is 3.23. The molecule has 0 bridgehead atoms. The van der Waals surface area contributed by atoms with E-state index in [1.807, 2.05) is 30.3 Å². The number of nitrogens with zero attached hydrogens (tertiary/aromatic N) is 1. The van der Waals surface area contributed by atoms with Crippen molar-refractivity contribution in [3.63, 3.8) is 0 Å². The zero-order valence-corrected chi connectivity index (χ0v) is 20.1. The third kappa shape index (κ3) is 8.85. The van der Waals surface area contributed by atoms with E-state index in [4.69, 9.17) is 10.00 Å². The Labute approximate surface area is 215 Å². The van der Waals surface area contributed by atoms with Gasteiger partial charge in [0, 0.05) is 11.6 Å². The van der Waals surface area contributed by atoms with Crippen LogP contribution < -0.4 is 28.3 Å². The van der Waals surface area contributed by atoms with E-state index in [1.165, 1.54) is 23.8 Å². The summed E-state index contributed by atoms with van der Waals surface area (Å²) in [7, 11) is 0. The molecule has 0 radical (unpaired) electrons. The fourth-order valence-electron chi connectivity index (χ4n) is 3.23. The third-order valence-corrected chi connectivity index (χ3v) is 4.98. The summed E-state index contributed by atoms with van der Waals surface area (Å²) in [5.74, 6) is 0.315. The minimum atomic E-state index is -4.73. The second-order valence-corrected chi connectivity index (χ2v) is 8.52. The molecule has 0 saturated carbocycles. The molecule has 8 heteroatoms. The van der Waals surface area contributed by atoms with Gasteiger partial charge in [0.1, 0.15) is 18.1 Å². The molecule has 0 spiro atoms. The van der Waals surface area contributed by atoms with E-state index in [2.05, 4.69) is 37.6 Å². The van der Waals surface area contributed by atoms with Crippen molar-refractivity contribution in [2.45, 2.75) is 39.2 Å². The van der Waals surface area contributed by atoms with Gasteiger partial charge in [-0.2, -0.15) is 5.26 Å². The number of rotatable bonds is 6. The number of nitriles is 1. The zero-order chi connectivity index (χ0) is 24.1.